The highest BCUT2D eigenvalue weighted by Crippen LogP contribution is 2.15. The van der Waals surface area contributed by atoms with E-state index in [0.29, 0.717) is 45.1 Å². The largest absolute Gasteiger partial charge is 0.379 e. The van der Waals surface area contributed by atoms with Crippen molar-refractivity contribution in [3.8, 4) is 0 Å². The van der Waals surface area contributed by atoms with Crippen LogP contribution in [0.15, 0.2) is 0 Å². The van der Waals surface area contributed by atoms with E-state index in [-0.39, 0.29) is 5.60 Å². The van der Waals surface area contributed by atoms with Gasteiger partial charge in [0.25, 0.3) is 0 Å². The van der Waals surface area contributed by atoms with Crippen LogP contribution in [0.3, 0.4) is 0 Å². The van der Waals surface area contributed by atoms with Gasteiger partial charge in [0.2, 0.25) is 0 Å². The minimum Gasteiger partial charge on any atom is -0.379 e. The zero-order valence-electron chi connectivity index (χ0n) is 18.9. The Bertz CT molecular complexity index is 370. The molecule has 0 aromatic rings. The smallest absolute Gasteiger partial charge is 0.0701 e. The van der Waals surface area contributed by atoms with E-state index in [1.54, 1.807) is 0 Å². The number of likely N-dealkylation sites (N-methyl/N-ethyl adjacent to an activating group) is 1. The molecule has 0 spiro atoms. The molecule has 1 aliphatic rings. The van der Waals surface area contributed by atoms with Crippen LogP contribution in [0.1, 0.15) is 40.5 Å². The van der Waals surface area contributed by atoms with Crippen molar-refractivity contribution in [2.45, 2.75) is 58.2 Å². The van der Waals surface area contributed by atoms with Crippen molar-refractivity contribution in [3.05, 3.63) is 0 Å². The molecule has 1 saturated heterocycles. The molecule has 0 bridgehead atoms. The van der Waals surface area contributed by atoms with Crippen molar-refractivity contribution in [1.82, 2.24) is 15.5 Å². The van der Waals surface area contributed by atoms with Gasteiger partial charge in [0.1, 0.15) is 0 Å². The minimum atomic E-state index is -0.155. The number of hydrogen-bond donors (Lipinski definition) is 2. The molecule has 0 radical (unpaired) electrons. The van der Waals surface area contributed by atoms with Gasteiger partial charge in [-0.1, -0.05) is 13.8 Å². The second kappa shape index (κ2) is 15.5. The lowest BCUT2D eigenvalue weighted by molar-refractivity contribution is -0.0512. The first-order valence-electron chi connectivity index (χ1n) is 10.9. The van der Waals surface area contributed by atoms with Gasteiger partial charge in [-0.2, -0.15) is 0 Å². The molecule has 7 heteroatoms. The van der Waals surface area contributed by atoms with Crippen LogP contribution in [0.25, 0.3) is 0 Å². The first-order chi connectivity index (χ1) is 13.4. The fourth-order valence-corrected chi connectivity index (χ4v) is 3.20. The van der Waals surface area contributed by atoms with Crippen LogP contribution in [0.5, 0.6) is 0 Å². The Labute approximate surface area is 172 Å². The van der Waals surface area contributed by atoms with Crippen LogP contribution in [0, 0.1) is 0 Å². The average Bonchev–Trinajstić information content (AvgIpc) is 3.06. The Kier molecular flexibility index (Phi) is 14.3. The van der Waals surface area contributed by atoms with Gasteiger partial charge >= 0.3 is 0 Å². The van der Waals surface area contributed by atoms with Crippen LogP contribution >= 0.6 is 0 Å². The third-order valence-electron chi connectivity index (χ3n) is 4.83. The monoisotopic (exact) mass is 403 g/mol. The van der Waals surface area contributed by atoms with E-state index >= 15 is 0 Å². The maximum absolute atomic E-state index is 6.10. The SMILES string of the molecule is CNCCOCCOCCOCCC(C)(C)OCCN1CC[C@H](NC(C)C)C1. The lowest BCUT2D eigenvalue weighted by Gasteiger charge is -2.27. The van der Waals surface area contributed by atoms with Gasteiger partial charge in [0, 0.05) is 38.3 Å². The van der Waals surface area contributed by atoms with Gasteiger partial charge in [0.05, 0.1) is 45.2 Å². The summed E-state index contributed by atoms with van der Waals surface area (Å²) in [4.78, 5) is 2.49. The highest BCUT2D eigenvalue weighted by atomic mass is 16.5. The van der Waals surface area contributed by atoms with E-state index in [4.69, 9.17) is 18.9 Å². The summed E-state index contributed by atoms with van der Waals surface area (Å²) in [5.41, 5.74) is -0.155. The van der Waals surface area contributed by atoms with E-state index in [0.717, 1.165) is 45.8 Å². The topological polar surface area (TPSA) is 64.2 Å². The summed E-state index contributed by atoms with van der Waals surface area (Å²) in [6.07, 6.45) is 2.12. The van der Waals surface area contributed by atoms with Crippen molar-refractivity contribution in [2.75, 3.05) is 79.5 Å². The predicted molar refractivity (Wildman–Crippen MR) is 114 cm³/mol. The lowest BCUT2D eigenvalue weighted by Crippen LogP contribution is -2.38. The molecule has 2 N–H and O–H groups in total. The third-order valence-corrected chi connectivity index (χ3v) is 4.83. The number of nitrogens with zero attached hydrogens (tertiary/aromatic N) is 1. The van der Waals surface area contributed by atoms with Crippen LogP contribution in [-0.4, -0.2) is 102 Å². The lowest BCUT2D eigenvalue weighted by atomic mass is 10.1. The fraction of sp³-hybridized carbons (Fsp3) is 1.00. The van der Waals surface area contributed by atoms with Crippen LogP contribution in [-0.2, 0) is 18.9 Å². The van der Waals surface area contributed by atoms with Gasteiger partial charge in [-0.15, -0.1) is 0 Å². The fourth-order valence-electron chi connectivity index (χ4n) is 3.20. The van der Waals surface area contributed by atoms with Crippen LogP contribution in [0.2, 0.25) is 0 Å². The number of nitrogens with one attached hydrogen (secondary N) is 2. The normalized spacial score (nSPS) is 18.4. The first-order valence-corrected chi connectivity index (χ1v) is 10.9. The third kappa shape index (κ3) is 13.8. The molecule has 0 unspecified atom stereocenters. The Morgan fingerprint density at radius 2 is 1.61 bits per heavy atom. The highest BCUT2D eigenvalue weighted by molar-refractivity contribution is 4.82. The Morgan fingerprint density at radius 1 is 0.964 bits per heavy atom. The second-order valence-electron chi connectivity index (χ2n) is 8.41. The molecule has 1 heterocycles. The average molecular weight is 404 g/mol. The second-order valence-corrected chi connectivity index (χ2v) is 8.41. The van der Waals surface area contributed by atoms with Gasteiger partial charge in [0.15, 0.2) is 0 Å². The molecular formula is C21H45N3O4. The molecule has 168 valence electrons. The van der Waals surface area contributed by atoms with Crippen LogP contribution in [0.4, 0.5) is 0 Å². The quantitative estimate of drug-likeness (QED) is 0.336. The summed E-state index contributed by atoms with van der Waals surface area (Å²) in [6, 6.07) is 1.19. The van der Waals surface area contributed by atoms with E-state index in [1.165, 1.54) is 6.42 Å². The maximum Gasteiger partial charge on any atom is 0.0701 e. The van der Waals surface area contributed by atoms with E-state index in [2.05, 4.69) is 43.2 Å². The Balaban J connectivity index is 1.93. The van der Waals surface area contributed by atoms with Crippen molar-refractivity contribution in [2.24, 2.45) is 0 Å². The van der Waals surface area contributed by atoms with Crippen molar-refractivity contribution in [3.63, 3.8) is 0 Å². The summed E-state index contributed by atoms with van der Waals surface area (Å²) >= 11 is 0. The molecule has 0 amide bonds. The Hall–Kier alpha value is -0.280. The van der Waals surface area contributed by atoms with E-state index in [9.17, 15) is 0 Å². The number of rotatable bonds is 18. The predicted octanol–water partition coefficient (Wildman–Crippen LogP) is 1.51. The standard InChI is InChI=1S/C21H45N3O4/c1-19(2)23-20-6-9-24(18-20)10-13-28-21(3,4)7-11-25-14-16-27-17-15-26-12-8-22-5/h19-20,22-23H,6-18H2,1-5H3/t20-/m0/s1. The molecule has 7 nitrogen and oxygen atoms in total. The molecule has 0 aromatic heterocycles. The summed E-state index contributed by atoms with van der Waals surface area (Å²) in [6.45, 7) is 17.5. The molecule has 28 heavy (non-hydrogen) atoms. The number of ether oxygens (including phenoxy) is 4. The highest BCUT2D eigenvalue weighted by Gasteiger charge is 2.23. The van der Waals surface area contributed by atoms with E-state index in [1.807, 2.05) is 7.05 Å². The van der Waals surface area contributed by atoms with Crippen molar-refractivity contribution >= 4 is 0 Å². The van der Waals surface area contributed by atoms with Gasteiger partial charge in [-0.25, -0.2) is 0 Å². The molecule has 1 atom stereocenters. The molecule has 1 rings (SSSR count). The molecule has 1 aliphatic heterocycles. The zero-order chi connectivity index (χ0) is 20.7. The van der Waals surface area contributed by atoms with Crippen molar-refractivity contribution < 1.29 is 18.9 Å². The first kappa shape index (κ1) is 25.8. The molecule has 0 aliphatic carbocycles. The minimum absolute atomic E-state index is 0.155. The summed E-state index contributed by atoms with van der Waals surface area (Å²) in [5.74, 6) is 0. The van der Waals surface area contributed by atoms with E-state index < -0.39 is 0 Å². The van der Waals surface area contributed by atoms with Gasteiger partial charge in [-0.3, -0.25) is 4.90 Å². The maximum atomic E-state index is 6.10. The molecular weight excluding hydrogens is 358 g/mol. The molecule has 0 saturated carbocycles. The summed E-state index contributed by atoms with van der Waals surface area (Å²) < 4.78 is 22.7. The zero-order valence-corrected chi connectivity index (χ0v) is 18.9. The van der Waals surface area contributed by atoms with Crippen molar-refractivity contribution in [1.29, 1.82) is 0 Å². The van der Waals surface area contributed by atoms with Gasteiger partial charge in [-0.05, 0) is 40.3 Å². The van der Waals surface area contributed by atoms with Gasteiger partial charge < -0.3 is 29.6 Å². The number of likely N-dealkylation sites (tertiary alicyclic amines) is 1. The summed E-state index contributed by atoms with van der Waals surface area (Å²) in [7, 11) is 1.91. The summed E-state index contributed by atoms with van der Waals surface area (Å²) in [5, 5.41) is 6.66. The Morgan fingerprint density at radius 3 is 2.25 bits per heavy atom. The number of hydrogen-bond acceptors (Lipinski definition) is 7. The molecule has 0 aromatic carbocycles. The molecule has 1 fully saturated rings. The van der Waals surface area contributed by atoms with Crippen LogP contribution < -0.4 is 10.6 Å².